The molecule has 1 aromatic heterocycles. The summed E-state index contributed by atoms with van der Waals surface area (Å²) in [5, 5.41) is 2.75. The molecule has 3 aromatic rings. The van der Waals surface area contributed by atoms with Crippen molar-refractivity contribution < 1.29 is 14.3 Å². The smallest absolute Gasteiger partial charge is 0.332 e. The largest absolute Gasteiger partial charge is 0.457 e. The Balaban J connectivity index is 1.38. The minimum Gasteiger partial charge on any atom is -0.457 e. The number of nitrogens with zero attached hydrogens (tertiary/aromatic N) is 3. The van der Waals surface area contributed by atoms with Gasteiger partial charge in [0.15, 0.2) is 0 Å². The Bertz CT molecular complexity index is 962. The van der Waals surface area contributed by atoms with Crippen LogP contribution in [0, 0.1) is 0 Å². The van der Waals surface area contributed by atoms with Crippen LogP contribution in [0.15, 0.2) is 79.1 Å². The van der Waals surface area contributed by atoms with E-state index in [-0.39, 0.29) is 6.03 Å². The highest BCUT2D eigenvalue weighted by Crippen LogP contribution is 2.23. The molecule has 0 unspecified atom stereocenters. The summed E-state index contributed by atoms with van der Waals surface area (Å²) in [5.74, 6) is 1.31. The van der Waals surface area contributed by atoms with Crippen molar-refractivity contribution in [2.45, 2.75) is 0 Å². The van der Waals surface area contributed by atoms with Gasteiger partial charge in [0, 0.05) is 30.3 Å². The molecule has 0 radical (unpaired) electrons. The topological polar surface area (TPSA) is 74.8 Å². The van der Waals surface area contributed by atoms with Crippen molar-refractivity contribution in [3.05, 3.63) is 79.1 Å². The lowest BCUT2D eigenvalue weighted by Crippen LogP contribution is -2.39. The predicted molar refractivity (Wildman–Crippen MR) is 106 cm³/mol. The van der Waals surface area contributed by atoms with Crippen molar-refractivity contribution in [1.82, 2.24) is 9.88 Å². The number of urea groups is 2. The number of amides is 4. The first-order chi connectivity index (χ1) is 13.7. The maximum Gasteiger partial charge on any atom is 0.332 e. The molecule has 1 aliphatic heterocycles. The summed E-state index contributed by atoms with van der Waals surface area (Å²) in [7, 11) is 0. The molecule has 0 aliphatic carbocycles. The molecule has 7 heteroatoms. The van der Waals surface area contributed by atoms with Crippen molar-refractivity contribution in [3.8, 4) is 11.5 Å². The second-order valence-corrected chi connectivity index (χ2v) is 6.16. The molecule has 140 valence electrons. The van der Waals surface area contributed by atoms with Gasteiger partial charge in [-0.05, 0) is 48.5 Å². The summed E-state index contributed by atoms with van der Waals surface area (Å²) in [6.45, 7) is 0.803. The van der Waals surface area contributed by atoms with Crippen LogP contribution >= 0.6 is 0 Å². The number of carbonyl (C=O) groups is 2. The van der Waals surface area contributed by atoms with Crippen molar-refractivity contribution in [2.75, 3.05) is 23.3 Å². The molecule has 1 fully saturated rings. The fourth-order valence-corrected chi connectivity index (χ4v) is 2.91. The van der Waals surface area contributed by atoms with E-state index < -0.39 is 6.03 Å². The second-order valence-electron chi connectivity index (χ2n) is 6.16. The molecule has 4 rings (SSSR count). The zero-order chi connectivity index (χ0) is 19.3. The molecule has 0 atom stereocenters. The van der Waals surface area contributed by atoms with Gasteiger partial charge in [-0.15, -0.1) is 0 Å². The number of hydrogen-bond acceptors (Lipinski definition) is 4. The molecule has 0 spiro atoms. The number of anilines is 2. The van der Waals surface area contributed by atoms with Crippen LogP contribution in [0.5, 0.6) is 11.5 Å². The highest BCUT2D eigenvalue weighted by molar-refractivity contribution is 6.07. The number of pyridine rings is 1. The van der Waals surface area contributed by atoms with Gasteiger partial charge in [-0.2, -0.15) is 0 Å². The number of hydrogen-bond donors (Lipinski definition) is 1. The van der Waals surface area contributed by atoms with Crippen LogP contribution in [0.3, 0.4) is 0 Å². The molecule has 28 heavy (non-hydrogen) atoms. The van der Waals surface area contributed by atoms with E-state index in [9.17, 15) is 9.59 Å². The Labute approximate surface area is 162 Å². The third-order valence-electron chi connectivity index (χ3n) is 4.31. The van der Waals surface area contributed by atoms with E-state index in [0.29, 0.717) is 30.3 Å². The molecule has 2 aromatic carbocycles. The number of aromatic nitrogens is 1. The third kappa shape index (κ3) is 3.78. The highest BCUT2D eigenvalue weighted by Gasteiger charge is 2.33. The van der Waals surface area contributed by atoms with Crippen LogP contribution in [-0.2, 0) is 0 Å². The van der Waals surface area contributed by atoms with E-state index in [0.717, 1.165) is 5.69 Å². The summed E-state index contributed by atoms with van der Waals surface area (Å²) < 4.78 is 5.69. The number of nitrogens with one attached hydrogen (secondary N) is 1. The van der Waals surface area contributed by atoms with Crippen LogP contribution in [0.4, 0.5) is 21.0 Å². The van der Waals surface area contributed by atoms with Crippen molar-refractivity contribution in [1.29, 1.82) is 0 Å². The van der Waals surface area contributed by atoms with E-state index in [2.05, 4.69) is 10.3 Å². The molecule has 4 amide bonds. The van der Waals surface area contributed by atoms with Crippen LogP contribution in [-0.4, -0.2) is 35.0 Å². The van der Waals surface area contributed by atoms with Crippen LogP contribution in [0.1, 0.15) is 0 Å². The van der Waals surface area contributed by atoms with Gasteiger partial charge in [0.1, 0.15) is 11.5 Å². The molecule has 7 nitrogen and oxygen atoms in total. The van der Waals surface area contributed by atoms with E-state index in [4.69, 9.17) is 4.74 Å². The molecule has 0 bridgehead atoms. The Kier molecular flexibility index (Phi) is 4.88. The number of para-hydroxylation sites is 1. The number of imide groups is 1. The zero-order valence-electron chi connectivity index (χ0n) is 15.0. The van der Waals surface area contributed by atoms with Gasteiger partial charge >= 0.3 is 12.1 Å². The summed E-state index contributed by atoms with van der Waals surface area (Å²) in [4.78, 5) is 31.8. The molecule has 1 N–H and O–H groups in total. The highest BCUT2D eigenvalue weighted by atomic mass is 16.5. The third-order valence-corrected chi connectivity index (χ3v) is 4.31. The number of carbonyl (C=O) groups excluding carboxylic acids is 2. The SMILES string of the molecule is O=C(Nc1ccc(Oc2ccncc2)cc1)N1CCN(c2ccccc2)C1=O. The molecule has 1 saturated heterocycles. The average Bonchev–Trinajstić information content (AvgIpc) is 3.12. The number of rotatable bonds is 4. The standard InChI is InChI=1S/C21H18N4O3/c26-20(25-15-14-24(21(25)27)17-4-2-1-3-5-17)23-16-6-8-18(9-7-16)28-19-10-12-22-13-11-19/h1-13H,14-15H2,(H,23,26). The summed E-state index contributed by atoms with van der Waals surface area (Å²) in [5.41, 5.74) is 1.36. The number of ether oxygens (including phenoxy) is 1. The predicted octanol–water partition coefficient (Wildman–Crippen LogP) is 4.35. The minimum absolute atomic E-state index is 0.332. The fraction of sp³-hybridized carbons (Fsp3) is 0.0952. The van der Waals surface area contributed by atoms with E-state index >= 15 is 0 Å². The summed E-state index contributed by atoms with van der Waals surface area (Å²) >= 11 is 0. The fourth-order valence-electron chi connectivity index (χ4n) is 2.91. The molecular weight excluding hydrogens is 356 g/mol. The van der Waals surface area contributed by atoms with Gasteiger partial charge in [0.25, 0.3) is 0 Å². The lowest BCUT2D eigenvalue weighted by atomic mass is 10.3. The van der Waals surface area contributed by atoms with Crippen LogP contribution < -0.4 is 15.0 Å². The summed E-state index contributed by atoms with van der Waals surface area (Å²) in [6, 6.07) is 19.0. The minimum atomic E-state index is -0.453. The first-order valence-electron chi connectivity index (χ1n) is 8.84. The Morgan fingerprint density at radius 2 is 1.57 bits per heavy atom. The van der Waals surface area contributed by atoms with E-state index in [1.807, 2.05) is 30.3 Å². The van der Waals surface area contributed by atoms with Gasteiger partial charge in [-0.3, -0.25) is 9.88 Å². The van der Waals surface area contributed by atoms with Crippen LogP contribution in [0.2, 0.25) is 0 Å². The maximum atomic E-state index is 12.6. The quantitative estimate of drug-likeness (QED) is 0.737. The molecule has 2 heterocycles. The molecule has 1 aliphatic rings. The second kappa shape index (κ2) is 7.79. The average molecular weight is 374 g/mol. The lowest BCUT2D eigenvalue weighted by molar-refractivity contribution is 0.209. The van der Waals surface area contributed by atoms with Gasteiger partial charge in [0.2, 0.25) is 0 Å². The molecule has 0 saturated carbocycles. The lowest BCUT2D eigenvalue weighted by Gasteiger charge is -2.18. The van der Waals surface area contributed by atoms with E-state index in [1.54, 1.807) is 53.7 Å². The molecular formula is C21H18N4O3. The van der Waals surface area contributed by atoms with Crippen molar-refractivity contribution in [2.24, 2.45) is 0 Å². The normalized spacial score (nSPS) is 13.5. The Hall–Kier alpha value is -3.87. The number of benzene rings is 2. The van der Waals surface area contributed by atoms with Crippen molar-refractivity contribution in [3.63, 3.8) is 0 Å². The van der Waals surface area contributed by atoms with Crippen molar-refractivity contribution >= 4 is 23.4 Å². The summed E-state index contributed by atoms with van der Waals surface area (Å²) in [6.07, 6.45) is 3.30. The van der Waals surface area contributed by atoms with Gasteiger partial charge in [-0.1, -0.05) is 18.2 Å². The Morgan fingerprint density at radius 3 is 2.29 bits per heavy atom. The van der Waals surface area contributed by atoms with Gasteiger partial charge < -0.3 is 10.1 Å². The van der Waals surface area contributed by atoms with E-state index in [1.165, 1.54) is 4.90 Å². The van der Waals surface area contributed by atoms with Crippen LogP contribution in [0.25, 0.3) is 0 Å². The first-order valence-corrected chi connectivity index (χ1v) is 8.84. The van der Waals surface area contributed by atoms with Gasteiger partial charge in [0.05, 0.1) is 6.54 Å². The zero-order valence-corrected chi connectivity index (χ0v) is 15.0. The van der Waals surface area contributed by atoms with Gasteiger partial charge in [-0.25, -0.2) is 14.5 Å². The maximum absolute atomic E-state index is 12.6. The Morgan fingerprint density at radius 1 is 0.893 bits per heavy atom. The first kappa shape index (κ1) is 17.5. The monoisotopic (exact) mass is 374 g/mol.